The molecule has 1 aliphatic rings. The quantitative estimate of drug-likeness (QED) is 0.548. The van der Waals surface area contributed by atoms with Gasteiger partial charge in [0.15, 0.2) is 0 Å². The molecule has 52 valence electrons. The third kappa shape index (κ3) is 0.603. The summed E-state index contributed by atoms with van der Waals surface area (Å²) in [7, 11) is 0. The molecule has 2 heterocycles. The highest BCUT2D eigenvalue weighted by Gasteiger charge is 2.19. The number of allylic oxidation sites excluding steroid dienone is 1. The van der Waals surface area contributed by atoms with Gasteiger partial charge in [0.2, 0.25) is 11.5 Å². The van der Waals surface area contributed by atoms with Crippen LogP contribution in [0.5, 0.6) is 11.5 Å². The molecule has 1 aromatic rings. The van der Waals surface area contributed by atoms with Crippen LogP contribution in [0, 0.1) is 0 Å². The Morgan fingerprint density at radius 1 is 1.20 bits per heavy atom. The SMILES string of the molecule is CC=C1Oc2cocc2O1. The van der Waals surface area contributed by atoms with Gasteiger partial charge in [-0.2, -0.15) is 0 Å². The minimum atomic E-state index is 0.515. The average Bonchev–Trinajstić information content (AvgIpc) is 2.42. The van der Waals surface area contributed by atoms with Crippen molar-refractivity contribution in [2.75, 3.05) is 0 Å². The van der Waals surface area contributed by atoms with Gasteiger partial charge in [-0.15, -0.1) is 0 Å². The molecule has 3 heteroatoms. The summed E-state index contributed by atoms with van der Waals surface area (Å²) in [6.45, 7) is 1.85. The molecule has 0 atom stereocenters. The smallest absolute Gasteiger partial charge is 0.286 e. The van der Waals surface area contributed by atoms with Gasteiger partial charge in [-0.1, -0.05) is 0 Å². The van der Waals surface area contributed by atoms with E-state index in [1.54, 1.807) is 6.08 Å². The van der Waals surface area contributed by atoms with Gasteiger partial charge in [0.1, 0.15) is 12.5 Å². The summed E-state index contributed by atoms with van der Waals surface area (Å²) in [5.74, 6) is 1.81. The van der Waals surface area contributed by atoms with Crippen molar-refractivity contribution < 1.29 is 13.9 Å². The van der Waals surface area contributed by atoms with Crippen molar-refractivity contribution in [2.24, 2.45) is 0 Å². The molecule has 0 saturated heterocycles. The monoisotopic (exact) mass is 138 g/mol. The van der Waals surface area contributed by atoms with Crippen molar-refractivity contribution in [3.05, 3.63) is 24.5 Å². The highest BCUT2D eigenvalue weighted by molar-refractivity contribution is 5.40. The molecule has 0 radical (unpaired) electrons. The fourth-order valence-corrected chi connectivity index (χ4v) is 0.778. The Bertz CT molecular complexity index is 250. The van der Waals surface area contributed by atoms with Gasteiger partial charge in [-0.3, -0.25) is 0 Å². The summed E-state index contributed by atoms with van der Waals surface area (Å²) in [5, 5.41) is 0. The number of fused-ring (bicyclic) bond motifs is 1. The molecule has 0 unspecified atom stereocenters. The predicted octanol–water partition coefficient (Wildman–Crippen LogP) is 1.91. The second kappa shape index (κ2) is 1.80. The molecular formula is C7H6O3. The molecule has 1 aliphatic heterocycles. The lowest BCUT2D eigenvalue weighted by Gasteiger charge is -1.92. The Balaban J connectivity index is 2.37. The molecule has 0 N–H and O–H groups in total. The van der Waals surface area contributed by atoms with Crippen molar-refractivity contribution in [1.29, 1.82) is 0 Å². The third-order valence-electron chi connectivity index (χ3n) is 1.25. The van der Waals surface area contributed by atoms with Crippen LogP contribution in [0.25, 0.3) is 0 Å². The van der Waals surface area contributed by atoms with Crippen LogP contribution in [-0.2, 0) is 0 Å². The second-order valence-corrected chi connectivity index (χ2v) is 1.91. The van der Waals surface area contributed by atoms with Crippen LogP contribution >= 0.6 is 0 Å². The van der Waals surface area contributed by atoms with Crippen LogP contribution in [0.2, 0.25) is 0 Å². The molecular weight excluding hydrogens is 132 g/mol. The maximum absolute atomic E-state index is 5.14. The lowest BCUT2D eigenvalue weighted by atomic mass is 10.6. The van der Waals surface area contributed by atoms with Crippen LogP contribution in [0.15, 0.2) is 29.0 Å². The second-order valence-electron chi connectivity index (χ2n) is 1.91. The van der Waals surface area contributed by atoms with Gasteiger partial charge in [0.25, 0.3) is 5.95 Å². The first-order chi connectivity index (χ1) is 4.90. The Morgan fingerprint density at radius 3 is 2.30 bits per heavy atom. The van der Waals surface area contributed by atoms with E-state index in [1.165, 1.54) is 12.5 Å². The first kappa shape index (κ1) is 5.41. The van der Waals surface area contributed by atoms with E-state index >= 15 is 0 Å². The fourth-order valence-electron chi connectivity index (χ4n) is 0.778. The summed E-state index contributed by atoms with van der Waals surface area (Å²) >= 11 is 0. The van der Waals surface area contributed by atoms with E-state index < -0.39 is 0 Å². The lowest BCUT2D eigenvalue weighted by Crippen LogP contribution is -1.91. The lowest BCUT2D eigenvalue weighted by molar-refractivity contribution is 0.275. The molecule has 0 aliphatic carbocycles. The molecule has 0 fully saturated rings. The first-order valence-electron chi connectivity index (χ1n) is 2.98. The van der Waals surface area contributed by atoms with Crippen LogP contribution < -0.4 is 9.47 Å². The van der Waals surface area contributed by atoms with E-state index in [0.717, 1.165) is 0 Å². The molecule has 0 bridgehead atoms. The third-order valence-corrected chi connectivity index (χ3v) is 1.25. The Morgan fingerprint density at radius 2 is 1.80 bits per heavy atom. The normalized spacial score (nSPS) is 13.9. The van der Waals surface area contributed by atoms with Crippen molar-refractivity contribution in [3.63, 3.8) is 0 Å². The Kier molecular flexibility index (Phi) is 0.974. The van der Waals surface area contributed by atoms with Crippen LogP contribution in [0.3, 0.4) is 0 Å². The van der Waals surface area contributed by atoms with E-state index in [0.29, 0.717) is 17.4 Å². The van der Waals surface area contributed by atoms with E-state index in [9.17, 15) is 0 Å². The van der Waals surface area contributed by atoms with Crippen LogP contribution in [0.4, 0.5) is 0 Å². The molecule has 10 heavy (non-hydrogen) atoms. The zero-order valence-electron chi connectivity index (χ0n) is 5.46. The minimum Gasteiger partial charge on any atom is -0.465 e. The number of hydrogen-bond donors (Lipinski definition) is 0. The molecule has 1 aromatic heterocycles. The van der Waals surface area contributed by atoms with Gasteiger partial charge in [0.05, 0.1) is 0 Å². The zero-order valence-corrected chi connectivity index (χ0v) is 5.46. The summed E-state index contributed by atoms with van der Waals surface area (Å²) in [5.41, 5.74) is 0. The van der Waals surface area contributed by atoms with Gasteiger partial charge >= 0.3 is 0 Å². The largest absolute Gasteiger partial charge is 0.465 e. The Hall–Kier alpha value is -1.38. The van der Waals surface area contributed by atoms with Crippen molar-refractivity contribution >= 4 is 0 Å². The van der Waals surface area contributed by atoms with Crippen LogP contribution in [-0.4, -0.2) is 0 Å². The Labute approximate surface area is 57.9 Å². The van der Waals surface area contributed by atoms with E-state index in [2.05, 4.69) is 0 Å². The predicted molar refractivity (Wildman–Crippen MR) is 33.7 cm³/mol. The standard InChI is InChI=1S/C7H6O3/c1-2-7-9-5-3-8-4-6(5)10-7/h2-4H,1H3. The van der Waals surface area contributed by atoms with E-state index in [4.69, 9.17) is 13.9 Å². The average molecular weight is 138 g/mol. The van der Waals surface area contributed by atoms with Crippen molar-refractivity contribution in [1.82, 2.24) is 0 Å². The number of hydrogen-bond acceptors (Lipinski definition) is 3. The maximum atomic E-state index is 5.14. The number of rotatable bonds is 0. The first-order valence-corrected chi connectivity index (χ1v) is 2.98. The number of ether oxygens (including phenoxy) is 2. The number of furan rings is 1. The molecule has 0 aromatic carbocycles. The van der Waals surface area contributed by atoms with Gasteiger partial charge in [-0.05, 0) is 13.0 Å². The van der Waals surface area contributed by atoms with Gasteiger partial charge < -0.3 is 13.9 Å². The summed E-state index contributed by atoms with van der Waals surface area (Å²) in [6.07, 6.45) is 4.76. The topological polar surface area (TPSA) is 31.6 Å². The van der Waals surface area contributed by atoms with E-state index in [-0.39, 0.29) is 0 Å². The summed E-state index contributed by atoms with van der Waals surface area (Å²) < 4.78 is 15.1. The highest BCUT2D eigenvalue weighted by Crippen LogP contribution is 2.36. The molecule has 0 amide bonds. The van der Waals surface area contributed by atoms with Crippen molar-refractivity contribution in [3.8, 4) is 11.5 Å². The van der Waals surface area contributed by atoms with Crippen molar-refractivity contribution in [2.45, 2.75) is 6.92 Å². The molecule has 0 spiro atoms. The fraction of sp³-hybridized carbons (Fsp3) is 0.143. The van der Waals surface area contributed by atoms with Gasteiger partial charge in [0, 0.05) is 0 Å². The summed E-state index contributed by atoms with van der Waals surface area (Å²) in [6, 6.07) is 0. The maximum Gasteiger partial charge on any atom is 0.286 e. The minimum absolute atomic E-state index is 0.515. The molecule has 0 saturated carbocycles. The van der Waals surface area contributed by atoms with Crippen LogP contribution in [0.1, 0.15) is 6.92 Å². The molecule has 3 nitrogen and oxygen atoms in total. The highest BCUT2D eigenvalue weighted by atomic mass is 16.7. The zero-order chi connectivity index (χ0) is 6.97. The summed E-state index contributed by atoms with van der Waals surface area (Å²) in [4.78, 5) is 0. The van der Waals surface area contributed by atoms with Gasteiger partial charge in [-0.25, -0.2) is 0 Å². The van der Waals surface area contributed by atoms with E-state index in [1.807, 2.05) is 6.92 Å². The molecule has 2 rings (SSSR count).